The van der Waals surface area contributed by atoms with Gasteiger partial charge in [-0.1, -0.05) is 46.9 Å². The molecule has 0 saturated heterocycles. The number of hydrogen-bond acceptors (Lipinski definition) is 3. The molecule has 4 nitrogen and oxygen atoms in total. The third-order valence-corrected chi connectivity index (χ3v) is 5.54. The van der Waals surface area contributed by atoms with Gasteiger partial charge >= 0.3 is 0 Å². The summed E-state index contributed by atoms with van der Waals surface area (Å²) in [7, 11) is 0. The fourth-order valence-corrected chi connectivity index (χ4v) is 3.71. The summed E-state index contributed by atoms with van der Waals surface area (Å²) in [5.74, 6) is -0.301. The third-order valence-electron chi connectivity index (χ3n) is 3.75. The lowest BCUT2D eigenvalue weighted by Gasteiger charge is -2.09. The number of rotatable bonds is 6. The standard InChI is InChI=1S/C21H15Cl3N2O2S/c22-14-4-1-3-13(9-14)21(28)25-16-5-2-6-17(11-16)29-12-20(27)26-19-10-15(23)7-8-18(19)24/h1-11H,12H2,(H,25,28)(H,26,27). The molecule has 0 aromatic heterocycles. The highest BCUT2D eigenvalue weighted by Crippen LogP contribution is 2.27. The highest BCUT2D eigenvalue weighted by molar-refractivity contribution is 8.00. The largest absolute Gasteiger partial charge is 0.324 e. The van der Waals surface area contributed by atoms with Crippen LogP contribution in [0.25, 0.3) is 0 Å². The van der Waals surface area contributed by atoms with Crippen molar-refractivity contribution in [1.29, 1.82) is 0 Å². The Kier molecular flexibility index (Phi) is 7.45. The molecule has 0 saturated carbocycles. The molecule has 3 aromatic carbocycles. The van der Waals surface area contributed by atoms with Crippen LogP contribution in [-0.2, 0) is 4.79 Å². The molecule has 3 rings (SSSR count). The Labute approximate surface area is 187 Å². The van der Waals surface area contributed by atoms with Crippen LogP contribution in [0, 0.1) is 0 Å². The Morgan fingerprint density at radius 3 is 2.38 bits per heavy atom. The minimum Gasteiger partial charge on any atom is -0.324 e. The fourth-order valence-electron chi connectivity index (χ4n) is 2.43. The van der Waals surface area contributed by atoms with E-state index in [-0.39, 0.29) is 17.6 Å². The number of thioether (sulfide) groups is 1. The molecular weight excluding hydrogens is 451 g/mol. The van der Waals surface area contributed by atoms with Crippen molar-refractivity contribution in [1.82, 2.24) is 0 Å². The molecule has 0 radical (unpaired) electrons. The van der Waals surface area contributed by atoms with E-state index in [1.807, 2.05) is 12.1 Å². The zero-order chi connectivity index (χ0) is 20.8. The number of anilines is 2. The summed E-state index contributed by atoms with van der Waals surface area (Å²) in [6, 6.07) is 18.8. The first kappa shape index (κ1) is 21.5. The number of carbonyl (C=O) groups is 2. The van der Waals surface area contributed by atoms with E-state index >= 15 is 0 Å². The molecule has 0 bridgehead atoms. The fraction of sp³-hybridized carbons (Fsp3) is 0.0476. The lowest BCUT2D eigenvalue weighted by Crippen LogP contribution is -2.14. The van der Waals surface area contributed by atoms with E-state index in [0.29, 0.717) is 32.0 Å². The Hall–Kier alpha value is -2.18. The number of benzene rings is 3. The maximum Gasteiger partial charge on any atom is 0.255 e. The summed E-state index contributed by atoms with van der Waals surface area (Å²) >= 11 is 19.3. The van der Waals surface area contributed by atoms with Crippen molar-refractivity contribution in [2.45, 2.75) is 4.90 Å². The Morgan fingerprint density at radius 2 is 1.59 bits per heavy atom. The first-order valence-corrected chi connectivity index (χ1v) is 10.6. The second kappa shape index (κ2) is 10.0. The summed E-state index contributed by atoms with van der Waals surface area (Å²) in [5, 5.41) is 6.96. The average Bonchev–Trinajstić information content (AvgIpc) is 2.69. The van der Waals surface area contributed by atoms with Gasteiger partial charge in [0.05, 0.1) is 16.5 Å². The monoisotopic (exact) mass is 464 g/mol. The molecule has 0 atom stereocenters. The van der Waals surface area contributed by atoms with Crippen LogP contribution < -0.4 is 10.6 Å². The molecule has 2 amide bonds. The van der Waals surface area contributed by atoms with Gasteiger partial charge < -0.3 is 10.6 Å². The molecule has 0 aliphatic rings. The molecule has 29 heavy (non-hydrogen) atoms. The van der Waals surface area contributed by atoms with Crippen LogP contribution in [0.15, 0.2) is 71.6 Å². The lowest BCUT2D eigenvalue weighted by molar-refractivity contribution is -0.113. The van der Waals surface area contributed by atoms with E-state index in [1.165, 1.54) is 11.8 Å². The molecule has 0 aliphatic heterocycles. The Balaban J connectivity index is 1.59. The summed E-state index contributed by atoms with van der Waals surface area (Å²) in [4.78, 5) is 25.4. The second-order valence-electron chi connectivity index (χ2n) is 5.95. The molecular formula is C21H15Cl3N2O2S. The number of carbonyl (C=O) groups excluding carboxylic acids is 2. The highest BCUT2D eigenvalue weighted by atomic mass is 35.5. The van der Waals surface area contributed by atoms with Crippen molar-refractivity contribution in [3.05, 3.63) is 87.4 Å². The molecule has 0 heterocycles. The third kappa shape index (κ3) is 6.41. The molecule has 3 aromatic rings. The van der Waals surface area contributed by atoms with E-state index in [9.17, 15) is 9.59 Å². The molecule has 2 N–H and O–H groups in total. The SMILES string of the molecule is O=C(CSc1cccc(NC(=O)c2cccc(Cl)c2)c1)Nc1cc(Cl)ccc1Cl. The molecule has 148 valence electrons. The van der Waals surface area contributed by atoms with Gasteiger partial charge in [0.1, 0.15) is 0 Å². The van der Waals surface area contributed by atoms with Crippen molar-refractivity contribution in [2.75, 3.05) is 16.4 Å². The van der Waals surface area contributed by atoms with Crippen molar-refractivity contribution in [2.24, 2.45) is 0 Å². The van der Waals surface area contributed by atoms with Gasteiger partial charge in [-0.25, -0.2) is 0 Å². The quantitative estimate of drug-likeness (QED) is 0.402. The van der Waals surface area contributed by atoms with Crippen LogP contribution in [0.5, 0.6) is 0 Å². The number of amides is 2. The van der Waals surface area contributed by atoms with E-state index in [0.717, 1.165) is 4.90 Å². The van der Waals surface area contributed by atoms with Crippen LogP contribution in [0.1, 0.15) is 10.4 Å². The van der Waals surface area contributed by atoms with Crippen molar-refractivity contribution < 1.29 is 9.59 Å². The van der Waals surface area contributed by atoms with Crippen molar-refractivity contribution in [3.8, 4) is 0 Å². The predicted octanol–water partition coefficient (Wildman–Crippen LogP) is 6.63. The van der Waals surface area contributed by atoms with Crippen LogP contribution in [0.4, 0.5) is 11.4 Å². The summed E-state index contributed by atoms with van der Waals surface area (Å²) < 4.78 is 0. The van der Waals surface area contributed by atoms with Crippen molar-refractivity contribution >= 4 is 69.8 Å². The van der Waals surface area contributed by atoms with Gasteiger partial charge in [0.25, 0.3) is 5.91 Å². The molecule has 8 heteroatoms. The smallest absolute Gasteiger partial charge is 0.255 e. The zero-order valence-corrected chi connectivity index (χ0v) is 18.0. The van der Waals surface area contributed by atoms with Crippen molar-refractivity contribution in [3.63, 3.8) is 0 Å². The van der Waals surface area contributed by atoms with Crippen LogP contribution in [-0.4, -0.2) is 17.6 Å². The topological polar surface area (TPSA) is 58.2 Å². The maximum absolute atomic E-state index is 12.3. The van der Waals surface area contributed by atoms with Crippen LogP contribution in [0.3, 0.4) is 0 Å². The molecule has 0 spiro atoms. The van der Waals surface area contributed by atoms with Crippen LogP contribution >= 0.6 is 46.6 Å². The number of nitrogens with one attached hydrogen (secondary N) is 2. The molecule has 0 aliphatic carbocycles. The number of halogens is 3. The van der Waals surface area contributed by atoms with Gasteiger partial charge in [-0.3, -0.25) is 9.59 Å². The minimum atomic E-state index is -0.261. The summed E-state index contributed by atoms with van der Waals surface area (Å²) in [5.41, 5.74) is 1.55. The predicted molar refractivity (Wildman–Crippen MR) is 122 cm³/mol. The van der Waals surface area contributed by atoms with E-state index in [4.69, 9.17) is 34.8 Å². The normalized spacial score (nSPS) is 10.4. The lowest BCUT2D eigenvalue weighted by atomic mass is 10.2. The molecule has 0 fully saturated rings. The van der Waals surface area contributed by atoms with Gasteiger partial charge in [0, 0.05) is 26.2 Å². The van der Waals surface area contributed by atoms with Gasteiger partial charge in [0.2, 0.25) is 5.91 Å². The average molecular weight is 466 g/mol. The maximum atomic E-state index is 12.3. The molecule has 0 unspecified atom stereocenters. The second-order valence-corrected chi connectivity index (χ2v) is 8.28. The van der Waals surface area contributed by atoms with E-state index in [2.05, 4.69) is 10.6 Å². The Bertz CT molecular complexity index is 1060. The summed E-state index contributed by atoms with van der Waals surface area (Å²) in [6.07, 6.45) is 0. The summed E-state index contributed by atoms with van der Waals surface area (Å²) in [6.45, 7) is 0. The van der Waals surface area contributed by atoms with Gasteiger partial charge in [0.15, 0.2) is 0 Å². The number of hydrogen-bond donors (Lipinski definition) is 2. The highest BCUT2D eigenvalue weighted by Gasteiger charge is 2.09. The Morgan fingerprint density at radius 1 is 0.828 bits per heavy atom. The minimum absolute atomic E-state index is 0.175. The zero-order valence-electron chi connectivity index (χ0n) is 14.9. The van der Waals surface area contributed by atoms with Gasteiger partial charge in [-0.2, -0.15) is 0 Å². The first-order valence-electron chi connectivity index (χ1n) is 8.45. The first-order chi connectivity index (χ1) is 13.9. The van der Waals surface area contributed by atoms with Gasteiger partial charge in [-0.15, -0.1) is 11.8 Å². The van der Waals surface area contributed by atoms with E-state index in [1.54, 1.807) is 54.6 Å². The van der Waals surface area contributed by atoms with E-state index < -0.39 is 0 Å². The van der Waals surface area contributed by atoms with Gasteiger partial charge in [-0.05, 0) is 54.6 Å². The van der Waals surface area contributed by atoms with Crippen LogP contribution in [0.2, 0.25) is 15.1 Å².